The van der Waals surface area contributed by atoms with E-state index in [1.54, 1.807) is 18.2 Å². The Morgan fingerprint density at radius 1 is 1.20 bits per heavy atom. The summed E-state index contributed by atoms with van der Waals surface area (Å²) in [7, 11) is 2.97. The molecule has 6 heteroatoms. The number of pyridine rings is 1. The highest BCUT2D eigenvalue weighted by Gasteiger charge is 2.14. The van der Waals surface area contributed by atoms with Crippen molar-refractivity contribution >= 4 is 5.97 Å². The quantitative estimate of drug-likeness (QED) is 0.916. The molecule has 1 heterocycles. The summed E-state index contributed by atoms with van der Waals surface area (Å²) in [6.07, 6.45) is 1.48. The van der Waals surface area contributed by atoms with Gasteiger partial charge in [-0.15, -0.1) is 0 Å². The summed E-state index contributed by atoms with van der Waals surface area (Å²) in [6.45, 7) is 0. The molecule has 0 fully saturated rings. The molecule has 0 unspecified atom stereocenters. The highest BCUT2D eigenvalue weighted by molar-refractivity contribution is 5.87. The Labute approximate surface area is 114 Å². The van der Waals surface area contributed by atoms with Crippen molar-refractivity contribution in [2.75, 3.05) is 14.2 Å². The fourth-order valence-corrected chi connectivity index (χ4v) is 1.83. The summed E-state index contributed by atoms with van der Waals surface area (Å²) in [5.74, 6) is -0.296. The van der Waals surface area contributed by atoms with Crippen LogP contribution in [0.2, 0.25) is 0 Å². The zero-order valence-corrected chi connectivity index (χ0v) is 11.0. The van der Waals surface area contributed by atoms with Gasteiger partial charge in [-0.25, -0.2) is 4.79 Å². The molecule has 2 aromatic rings. The van der Waals surface area contributed by atoms with Gasteiger partial charge in [-0.05, 0) is 24.3 Å². The second-order valence-electron chi connectivity index (χ2n) is 3.94. The molecule has 0 bridgehead atoms. The van der Waals surface area contributed by atoms with Crippen LogP contribution in [0, 0.1) is 0 Å². The molecule has 104 valence electrons. The van der Waals surface area contributed by atoms with E-state index < -0.39 is 11.5 Å². The normalized spacial score (nSPS) is 10.1. The van der Waals surface area contributed by atoms with E-state index in [-0.39, 0.29) is 5.56 Å². The first-order valence-electron chi connectivity index (χ1n) is 5.76. The zero-order chi connectivity index (χ0) is 14.7. The molecule has 0 spiro atoms. The van der Waals surface area contributed by atoms with E-state index in [1.807, 2.05) is 0 Å². The molecule has 1 aromatic heterocycles. The monoisotopic (exact) mass is 275 g/mol. The average molecular weight is 275 g/mol. The first-order valence-corrected chi connectivity index (χ1v) is 5.76. The zero-order valence-electron chi connectivity index (χ0n) is 11.0. The molecular formula is C14H13NO5. The molecule has 0 saturated heterocycles. The minimum atomic E-state index is -1.27. The van der Waals surface area contributed by atoms with Crippen LogP contribution in [0.15, 0.2) is 41.3 Å². The number of carbonyl (C=O) groups is 1. The van der Waals surface area contributed by atoms with Crippen LogP contribution in [0.3, 0.4) is 0 Å². The number of carboxylic acids is 1. The Balaban J connectivity index is 2.71. The van der Waals surface area contributed by atoms with E-state index in [1.165, 1.54) is 37.1 Å². The Kier molecular flexibility index (Phi) is 3.74. The minimum absolute atomic E-state index is 0.308. The molecule has 6 nitrogen and oxygen atoms in total. The van der Waals surface area contributed by atoms with Crippen LogP contribution in [0.1, 0.15) is 10.4 Å². The molecule has 0 aliphatic carbocycles. The molecule has 0 saturated carbocycles. The van der Waals surface area contributed by atoms with Gasteiger partial charge in [0.2, 0.25) is 0 Å². The number of hydrogen-bond donors (Lipinski definition) is 1. The molecule has 0 radical (unpaired) electrons. The average Bonchev–Trinajstić information content (AvgIpc) is 2.46. The van der Waals surface area contributed by atoms with Crippen LogP contribution in [-0.2, 0) is 0 Å². The molecule has 1 N–H and O–H groups in total. The summed E-state index contributed by atoms with van der Waals surface area (Å²) in [5, 5.41) is 8.99. The second kappa shape index (κ2) is 5.48. The lowest BCUT2D eigenvalue weighted by Gasteiger charge is -2.12. The summed E-state index contributed by atoms with van der Waals surface area (Å²) >= 11 is 0. The van der Waals surface area contributed by atoms with Gasteiger partial charge >= 0.3 is 5.97 Å². The van der Waals surface area contributed by atoms with Gasteiger partial charge in [0.15, 0.2) is 0 Å². The van der Waals surface area contributed by atoms with E-state index in [0.717, 1.165) is 0 Å². The Morgan fingerprint density at radius 3 is 2.55 bits per heavy atom. The molecule has 0 aliphatic heterocycles. The highest BCUT2D eigenvalue weighted by Crippen LogP contribution is 2.26. The number of benzene rings is 1. The molecule has 20 heavy (non-hydrogen) atoms. The molecule has 0 amide bonds. The van der Waals surface area contributed by atoms with E-state index in [0.29, 0.717) is 17.2 Å². The smallest absolute Gasteiger partial charge is 0.341 e. The minimum Gasteiger partial charge on any atom is -0.497 e. The lowest BCUT2D eigenvalue weighted by atomic mass is 10.2. The topological polar surface area (TPSA) is 77.8 Å². The maximum Gasteiger partial charge on any atom is 0.341 e. The van der Waals surface area contributed by atoms with Crippen molar-refractivity contribution in [3.05, 3.63) is 52.4 Å². The summed E-state index contributed by atoms with van der Waals surface area (Å²) in [4.78, 5) is 23.2. The lowest BCUT2D eigenvalue weighted by Crippen LogP contribution is -2.24. The van der Waals surface area contributed by atoms with Gasteiger partial charge in [0.05, 0.1) is 19.9 Å². The number of methoxy groups -OCH3 is 2. The van der Waals surface area contributed by atoms with Crippen molar-refractivity contribution in [2.45, 2.75) is 0 Å². The van der Waals surface area contributed by atoms with Crippen LogP contribution < -0.4 is 15.0 Å². The van der Waals surface area contributed by atoms with Gasteiger partial charge in [0, 0.05) is 12.3 Å². The van der Waals surface area contributed by atoms with E-state index in [9.17, 15) is 9.59 Å². The summed E-state index contributed by atoms with van der Waals surface area (Å²) < 4.78 is 11.5. The van der Waals surface area contributed by atoms with E-state index in [2.05, 4.69) is 0 Å². The number of rotatable bonds is 4. The first-order chi connectivity index (χ1) is 9.58. The molecule has 0 atom stereocenters. The maximum atomic E-state index is 12.2. The van der Waals surface area contributed by atoms with Gasteiger partial charge in [-0.1, -0.05) is 0 Å². The van der Waals surface area contributed by atoms with Crippen molar-refractivity contribution in [1.29, 1.82) is 0 Å². The van der Waals surface area contributed by atoms with E-state index in [4.69, 9.17) is 14.6 Å². The Bertz CT molecular complexity index is 705. The second-order valence-corrected chi connectivity index (χ2v) is 3.94. The van der Waals surface area contributed by atoms with Gasteiger partial charge in [0.25, 0.3) is 5.56 Å². The van der Waals surface area contributed by atoms with Crippen molar-refractivity contribution in [2.24, 2.45) is 0 Å². The number of nitrogens with zero attached hydrogens (tertiary/aromatic N) is 1. The molecular weight excluding hydrogens is 262 g/mol. The molecule has 1 aromatic carbocycles. The number of aromatic carboxylic acids is 1. The third kappa shape index (κ3) is 2.35. The fraction of sp³-hybridized carbons (Fsp3) is 0.143. The predicted molar refractivity (Wildman–Crippen MR) is 72.1 cm³/mol. The third-order valence-corrected chi connectivity index (χ3v) is 2.82. The van der Waals surface area contributed by atoms with Crippen LogP contribution in [0.25, 0.3) is 5.69 Å². The van der Waals surface area contributed by atoms with Crippen LogP contribution in [0.4, 0.5) is 0 Å². The number of aromatic nitrogens is 1. The Hall–Kier alpha value is -2.76. The van der Waals surface area contributed by atoms with Crippen molar-refractivity contribution < 1.29 is 19.4 Å². The van der Waals surface area contributed by atoms with Crippen LogP contribution in [0.5, 0.6) is 11.5 Å². The van der Waals surface area contributed by atoms with E-state index >= 15 is 0 Å². The van der Waals surface area contributed by atoms with Crippen LogP contribution in [-0.4, -0.2) is 29.9 Å². The first kappa shape index (κ1) is 13.7. The van der Waals surface area contributed by atoms with Crippen molar-refractivity contribution in [3.63, 3.8) is 0 Å². The van der Waals surface area contributed by atoms with Crippen LogP contribution >= 0.6 is 0 Å². The lowest BCUT2D eigenvalue weighted by molar-refractivity contribution is 0.0694. The number of carboxylic acid groups (broad SMARTS) is 1. The summed E-state index contributed by atoms with van der Waals surface area (Å²) in [6, 6.07) is 7.69. The molecule has 0 aliphatic rings. The maximum absolute atomic E-state index is 12.2. The van der Waals surface area contributed by atoms with Gasteiger partial charge in [-0.3, -0.25) is 9.36 Å². The third-order valence-electron chi connectivity index (χ3n) is 2.82. The van der Waals surface area contributed by atoms with Gasteiger partial charge in [0.1, 0.15) is 17.1 Å². The van der Waals surface area contributed by atoms with Crippen molar-refractivity contribution in [1.82, 2.24) is 4.57 Å². The SMILES string of the molecule is COc1ccc(OC)c(-n2cccc(C(=O)O)c2=O)c1. The number of hydrogen-bond acceptors (Lipinski definition) is 4. The Morgan fingerprint density at radius 2 is 1.95 bits per heavy atom. The number of ether oxygens (including phenoxy) is 2. The summed E-state index contributed by atoms with van der Waals surface area (Å²) in [5.41, 5.74) is -0.524. The largest absolute Gasteiger partial charge is 0.497 e. The highest BCUT2D eigenvalue weighted by atomic mass is 16.5. The van der Waals surface area contributed by atoms with Gasteiger partial charge in [-0.2, -0.15) is 0 Å². The standard InChI is InChI=1S/C14H13NO5/c1-19-9-5-6-12(20-2)11(8-9)15-7-3-4-10(13(15)16)14(17)18/h3-8H,1-2H3,(H,17,18). The molecule has 2 rings (SSSR count). The van der Waals surface area contributed by atoms with Crippen molar-refractivity contribution in [3.8, 4) is 17.2 Å². The fourth-order valence-electron chi connectivity index (χ4n) is 1.83. The predicted octanol–water partition coefficient (Wildman–Crippen LogP) is 1.55. The van der Waals surface area contributed by atoms with Gasteiger partial charge < -0.3 is 14.6 Å².